The highest BCUT2D eigenvalue weighted by molar-refractivity contribution is 5.33. The van der Waals surface area contributed by atoms with Crippen LogP contribution >= 0.6 is 0 Å². The maximum Gasteiger partial charge on any atom is 0.125 e. The number of ether oxygens (including phenoxy) is 1. The summed E-state index contributed by atoms with van der Waals surface area (Å²) in [5.74, 6) is 0.283. The fourth-order valence-corrected chi connectivity index (χ4v) is 1.89. The van der Waals surface area contributed by atoms with Crippen molar-refractivity contribution in [3.8, 4) is 5.75 Å². The lowest BCUT2D eigenvalue weighted by Gasteiger charge is -2.20. The number of aryl methyl sites for hydroxylation is 1. The first-order valence-electron chi connectivity index (χ1n) is 9.23. The zero-order valence-corrected chi connectivity index (χ0v) is 10.6. The molecule has 0 bridgehead atoms. The molecule has 2 nitrogen and oxygen atoms in total. The standard InChI is InChI=1S/C17H21NO/c1-14-8-6-7-11-16(14)19-17(12-13-18-2)15-9-4-3-5-10-15/h3-11,17-18H,12-13H2,1-2H3/i1D3,2D3. The fraction of sp³-hybridized carbons (Fsp3) is 0.294. The zero-order valence-electron chi connectivity index (χ0n) is 16.6. The highest BCUT2D eigenvalue weighted by Crippen LogP contribution is 2.26. The third-order valence-corrected chi connectivity index (χ3v) is 2.86. The number of benzene rings is 2. The van der Waals surface area contributed by atoms with Crippen molar-refractivity contribution >= 4 is 0 Å². The predicted molar refractivity (Wildman–Crippen MR) is 79.5 cm³/mol. The molecule has 1 unspecified atom stereocenters. The van der Waals surface area contributed by atoms with Gasteiger partial charge in [-0.3, -0.25) is 0 Å². The van der Waals surface area contributed by atoms with E-state index in [-0.39, 0.29) is 17.9 Å². The van der Waals surface area contributed by atoms with Gasteiger partial charge in [-0.25, -0.2) is 0 Å². The summed E-state index contributed by atoms with van der Waals surface area (Å²) in [5, 5.41) is 2.46. The van der Waals surface area contributed by atoms with Gasteiger partial charge in [-0.1, -0.05) is 48.5 Å². The molecular weight excluding hydrogens is 234 g/mol. The number of rotatable bonds is 6. The van der Waals surface area contributed by atoms with E-state index in [0.29, 0.717) is 6.42 Å². The molecule has 0 radical (unpaired) electrons. The van der Waals surface area contributed by atoms with Crippen molar-refractivity contribution in [2.45, 2.75) is 19.4 Å². The lowest BCUT2D eigenvalue weighted by atomic mass is 10.1. The van der Waals surface area contributed by atoms with Crippen LogP contribution in [0.2, 0.25) is 0 Å². The average Bonchev–Trinajstić information content (AvgIpc) is 2.53. The van der Waals surface area contributed by atoms with E-state index in [1.165, 1.54) is 6.07 Å². The Hall–Kier alpha value is -1.80. The average molecular weight is 261 g/mol. The van der Waals surface area contributed by atoms with Crippen LogP contribution in [0.15, 0.2) is 54.6 Å². The maximum absolute atomic E-state index is 7.65. The van der Waals surface area contributed by atoms with Crippen molar-refractivity contribution in [3.05, 3.63) is 65.7 Å². The Morgan fingerprint density at radius 1 is 1.11 bits per heavy atom. The molecule has 0 saturated heterocycles. The molecule has 19 heavy (non-hydrogen) atoms. The highest BCUT2D eigenvalue weighted by atomic mass is 16.5. The van der Waals surface area contributed by atoms with Crippen LogP contribution in [0, 0.1) is 6.85 Å². The summed E-state index contributed by atoms with van der Waals surface area (Å²) in [6.07, 6.45) is -0.0721. The summed E-state index contributed by atoms with van der Waals surface area (Å²) in [4.78, 5) is 0. The van der Waals surface area contributed by atoms with E-state index in [2.05, 4.69) is 5.32 Å². The molecule has 0 aliphatic rings. The molecule has 1 atom stereocenters. The van der Waals surface area contributed by atoms with Gasteiger partial charge < -0.3 is 10.1 Å². The summed E-state index contributed by atoms with van der Waals surface area (Å²) in [6, 6.07) is 15.8. The quantitative estimate of drug-likeness (QED) is 0.855. The van der Waals surface area contributed by atoms with Crippen molar-refractivity contribution in [1.29, 1.82) is 0 Å². The van der Waals surface area contributed by atoms with E-state index in [0.717, 1.165) is 5.56 Å². The first-order valence-corrected chi connectivity index (χ1v) is 6.23. The van der Waals surface area contributed by atoms with Gasteiger partial charge in [0.25, 0.3) is 0 Å². The van der Waals surface area contributed by atoms with Crippen LogP contribution < -0.4 is 10.1 Å². The molecule has 0 aliphatic heterocycles. The van der Waals surface area contributed by atoms with Gasteiger partial charge in [0, 0.05) is 14.6 Å². The maximum atomic E-state index is 7.65. The first kappa shape index (κ1) is 7.71. The van der Waals surface area contributed by atoms with Crippen molar-refractivity contribution in [3.63, 3.8) is 0 Å². The summed E-state index contributed by atoms with van der Waals surface area (Å²) >= 11 is 0. The molecular formula is C17H21NO. The van der Waals surface area contributed by atoms with Gasteiger partial charge in [0.05, 0.1) is 0 Å². The largest absolute Gasteiger partial charge is 0.485 e. The van der Waals surface area contributed by atoms with Crippen LogP contribution in [0.25, 0.3) is 0 Å². The molecule has 100 valence electrons. The van der Waals surface area contributed by atoms with Gasteiger partial charge in [-0.2, -0.15) is 0 Å². The second-order valence-corrected chi connectivity index (χ2v) is 4.23. The summed E-state index contributed by atoms with van der Waals surface area (Å²) in [6.45, 7) is -4.29. The van der Waals surface area contributed by atoms with Crippen LogP contribution in [0.3, 0.4) is 0 Å². The Kier molecular flexibility index (Phi) is 2.82. The normalized spacial score (nSPS) is 18.1. The zero-order chi connectivity index (χ0) is 18.5. The Balaban J connectivity index is 2.22. The Morgan fingerprint density at radius 2 is 1.89 bits per heavy atom. The first-order chi connectivity index (χ1) is 11.7. The lowest BCUT2D eigenvalue weighted by Crippen LogP contribution is -2.16. The fourth-order valence-electron chi connectivity index (χ4n) is 1.89. The Labute approximate surface area is 123 Å². The lowest BCUT2D eigenvalue weighted by molar-refractivity contribution is 0.193. The van der Waals surface area contributed by atoms with Gasteiger partial charge in [0.2, 0.25) is 0 Å². The predicted octanol–water partition coefficient (Wildman–Crippen LogP) is 3.72. The van der Waals surface area contributed by atoms with Crippen LogP contribution in [-0.4, -0.2) is 13.5 Å². The summed E-state index contributed by atoms with van der Waals surface area (Å²) in [7, 11) is 0. The van der Waals surface area contributed by atoms with Crippen molar-refractivity contribution in [2.75, 3.05) is 13.5 Å². The minimum absolute atomic E-state index is 0.139. The van der Waals surface area contributed by atoms with Gasteiger partial charge in [0.1, 0.15) is 11.9 Å². The Morgan fingerprint density at radius 3 is 2.68 bits per heavy atom. The molecule has 0 aromatic heterocycles. The van der Waals surface area contributed by atoms with Crippen molar-refractivity contribution in [1.82, 2.24) is 5.32 Å². The van der Waals surface area contributed by atoms with Crippen LogP contribution in [-0.2, 0) is 0 Å². The second-order valence-electron chi connectivity index (χ2n) is 4.23. The van der Waals surface area contributed by atoms with Crippen LogP contribution in [0.1, 0.15) is 31.9 Å². The van der Waals surface area contributed by atoms with Crippen molar-refractivity contribution in [2.24, 2.45) is 0 Å². The third kappa shape index (κ3) is 3.83. The second kappa shape index (κ2) is 6.95. The molecule has 0 amide bonds. The van der Waals surface area contributed by atoms with Gasteiger partial charge in [-0.05, 0) is 37.6 Å². The molecule has 0 spiro atoms. The topological polar surface area (TPSA) is 21.3 Å². The minimum atomic E-state index is -2.28. The molecule has 1 N–H and O–H groups in total. The molecule has 2 heteroatoms. The van der Waals surface area contributed by atoms with E-state index >= 15 is 0 Å². The molecule has 2 aromatic carbocycles. The van der Waals surface area contributed by atoms with Gasteiger partial charge in [-0.15, -0.1) is 0 Å². The highest BCUT2D eigenvalue weighted by Gasteiger charge is 2.13. The molecule has 0 fully saturated rings. The summed E-state index contributed by atoms with van der Waals surface area (Å²) < 4.78 is 50.6. The third-order valence-electron chi connectivity index (χ3n) is 2.86. The van der Waals surface area contributed by atoms with Crippen LogP contribution in [0.5, 0.6) is 5.75 Å². The van der Waals surface area contributed by atoms with E-state index < -0.39 is 19.9 Å². The Bertz CT molecular complexity index is 669. The smallest absolute Gasteiger partial charge is 0.125 e. The van der Waals surface area contributed by atoms with Gasteiger partial charge >= 0.3 is 0 Å². The molecule has 2 rings (SSSR count). The molecule has 0 aliphatic carbocycles. The molecule has 2 aromatic rings. The van der Waals surface area contributed by atoms with Gasteiger partial charge in [0.15, 0.2) is 0 Å². The SMILES string of the molecule is [2H]C([2H])([2H])NCCC(Oc1ccccc1C([2H])([2H])[2H])c1ccccc1. The van der Waals surface area contributed by atoms with E-state index in [1.54, 1.807) is 18.2 Å². The number of hydrogen-bond donors (Lipinski definition) is 1. The summed E-state index contributed by atoms with van der Waals surface area (Å²) in [5.41, 5.74) is 0.995. The van der Waals surface area contributed by atoms with E-state index in [4.69, 9.17) is 13.0 Å². The van der Waals surface area contributed by atoms with E-state index in [1.807, 2.05) is 30.3 Å². The minimum Gasteiger partial charge on any atom is -0.485 e. The number of hydrogen-bond acceptors (Lipinski definition) is 2. The van der Waals surface area contributed by atoms with Crippen LogP contribution in [0.4, 0.5) is 0 Å². The van der Waals surface area contributed by atoms with E-state index in [9.17, 15) is 0 Å². The number of para-hydroxylation sites is 1. The molecule has 0 heterocycles. The monoisotopic (exact) mass is 261 g/mol. The number of nitrogens with one attached hydrogen (secondary N) is 1. The van der Waals surface area contributed by atoms with Crippen molar-refractivity contribution < 1.29 is 13.0 Å². The molecule has 0 saturated carbocycles.